The third-order valence-corrected chi connectivity index (χ3v) is 5.11. The second kappa shape index (κ2) is 4.34. The fourth-order valence-corrected chi connectivity index (χ4v) is 4.55. The molecule has 116 valence electrons. The lowest BCUT2D eigenvalue weighted by molar-refractivity contribution is -0.157. The zero-order valence-electron chi connectivity index (χ0n) is 13.3. The maximum Gasteiger partial charge on any atom is 0.316 e. The highest BCUT2D eigenvalue weighted by Gasteiger charge is 2.67. The molecule has 1 saturated heterocycles. The number of carbonyl (C=O) groups is 2. The summed E-state index contributed by atoms with van der Waals surface area (Å²) in [6.45, 7) is 7.64. The van der Waals surface area contributed by atoms with Gasteiger partial charge in [-0.2, -0.15) is 0 Å². The minimum atomic E-state index is -0.486. The zero-order chi connectivity index (χ0) is 15.5. The molecule has 4 nitrogen and oxygen atoms in total. The van der Waals surface area contributed by atoms with Gasteiger partial charge >= 0.3 is 11.9 Å². The average Bonchev–Trinajstić information content (AvgIpc) is 2.72. The Morgan fingerprint density at radius 2 is 2.19 bits per heavy atom. The van der Waals surface area contributed by atoms with Gasteiger partial charge < -0.3 is 9.47 Å². The normalized spacial score (nSPS) is 40.9. The SMILES string of the molecule is CC(C)(C)OC(=O)C[C@H]1CCC23C=CC[C@@](C)(OC2=O)[C@@H]13. The Hall–Kier alpha value is -1.32. The van der Waals surface area contributed by atoms with Crippen LogP contribution in [0.2, 0.25) is 0 Å². The molecule has 4 atom stereocenters. The highest BCUT2D eigenvalue weighted by atomic mass is 16.6. The summed E-state index contributed by atoms with van der Waals surface area (Å²) in [6, 6.07) is 0. The Kier molecular flexibility index (Phi) is 3.02. The van der Waals surface area contributed by atoms with E-state index in [2.05, 4.69) is 6.08 Å². The molecule has 3 rings (SSSR count). The molecule has 21 heavy (non-hydrogen) atoms. The van der Waals surface area contributed by atoms with E-state index in [-0.39, 0.29) is 23.8 Å². The molecule has 2 bridgehead atoms. The minimum Gasteiger partial charge on any atom is -0.460 e. The molecule has 1 aliphatic heterocycles. The lowest BCUT2D eigenvalue weighted by Crippen LogP contribution is -2.41. The fourth-order valence-electron chi connectivity index (χ4n) is 4.55. The minimum absolute atomic E-state index is 0.101. The molecule has 2 fully saturated rings. The molecule has 0 aromatic rings. The molecule has 0 spiro atoms. The fraction of sp³-hybridized carbons (Fsp3) is 0.765. The molecule has 3 aliphatic rings. The van der Waals surface area contributed by atoms with Crippen LogP contribution in [0.5, 0.6) is 0 Å². The zero-order valence-corrected chi connectivity index (χ0v) is 13.3. The molecule has 1 unspecified atom stereocenters. The van der Waals surface area contributed by atoms with Crippen molar-refractivity contribution >= 4 is 11.9 Å². The Morgan fingerprint density at radius 1 is 1.48 bits per heavy atom. The van der Waals surface area contributed by atoms with E-state index in [1.807, 2.05) is 33.8 Å². The molecule has 2 aliphatic carbocycles. The number of ether oxygens (including phenoxy) is 2. The van der Waals surface area contributed by atoms with Crippen molar-refractivity contribution in [1.82, 2.24) is 0 Å². The van der Waals surface area contributed by atoms with E-state index >= 15 is 0 Å². The molecule has 4 heteroatoms. The van der Waals surface area contributed by atoms with Crippen molar-refractivity contribution in [3.05, 3.63) is 12.2 Å². The number of esters is 2. The Morgan fingerprint density at radius 3 is 2.86 bits per heavy atom. The first-order valence-electron chi connectivity index (χ1n) is 7.79. The largest absolute Gasteiger partial charge is 0.460 e. The van der Waals surface area contributed by atoms with E-state index in [1.165, 1.54) is 0 Å². The molecule has 0 N–H and O–H groups in total. The van der Waals surface area contributed by atoms with Crippen LogP contribution in [-0.4, -0.2) is 23.1 Å². The second-order valence-electron chi connectivity index (χ2n) is 7.92. The van der Waals surface area contributed by atoms with Gasteiger partial charge in [-0.15, -0.1) is 0 Å². The third kappa shape index (κ3) is 2.19. The topological polar surface area (TPSA) is 52.6 Å². The predicted molar refractivity (Wildman–Crippen MR) is 77.4 cm³/mol. The summed E-state index contributed by atoms with van der Waals surface area (Å²) in [5, 5.41) is 0. The first kappa shape index (κ1) is 14.6. The van der Waals surface area contributed by atoms with Crippen LogP contribution in [-0.2, 0) is 19.1 Å². The quantitative estimate of drug-likeness (QED) is 0.580. The summed E-state index contributed by atoms with van der Waals surface area (Å²) in [4.78, 5) is 24.5. The lowest BCUT2D eigenvalue weighted by Gasteiger charge is -2.36. The summed E-state index contributed by atoms with van der Waals surface area (Å²) in [5.74, 6) is 0.00117. The Labute approximate surface area is 125 Å². The first-order chi connectivity index (χ1) is 9.66. The van der Waals surface area contributed by atoms with Crippen molar-refractivity contribution < 1.29 is 19.1 Å². The second-order valence-corrected chi connectivity index (χ2v) is 7.92. The van der Waals surface area contributed by atoms with Crippen LogP contribution >= 0.6 is 0 Å². The highest BCUT2D eigenvalue weighted by Crippen LogP contribution is 2.63. The van der Waals surface area contributed by atoms with Gasteiger partial charge in [0.1, 0.15) is 11.2 Å². The van der Waals surface area contributed by atoms with E-state index in [0.29, 0.717) is 6.42 Å². The van der Waals surface area contributed by atoms with Crippen LogP contribution in [0.25, 0.3) is 0 Å². The maximum absolute atomic E-state index is 12.3. The molecule has 0 amide bonds. The smallest absolute Gasteiger partial charge is 0.316 e. The monoisotopic (exact) mass is 292 g/mol. The molecule has 0 aromatic heterocycles. The van der Waals surface area contributed by atoms with Crippen molar-refractivity contribution in [3.63, 3.8) is 0 Å². The van der Waals surface area contributed by atoms with Gasteiger partial charge in [-0.3, -0.25) is 9.59 Å². The van der Waals surface area contributed by atoms with Crippen LogP contribution < -0.4 is 0 Å². The summed E-state index contributed by atoms with van der Waals surface area (Å²) in [5.41, 5.74) is -1.40. The summed E-state index contributed by atoms with van der Waals surface area (Å²) >= 11 is 0. The van der Waals surface area contributed by atoms with Crippen molar-refractivity contribution in [1.29, 1.82) is 0 Å². The van der Waals surface area contributed by atoms with Crippen LogP contribution in [0.4, 0.5) is 0 Å². The maximum atomic E-state index is 12.3. The van der Waals surface area contributed by atoms with Gasteiger partial charge in [0, 0.05) is 18.8 Å². The van der Waals surface area contributed by atoms with Crippen molar-refractivity contribution in [2.24, 2.45) is 17.3 Å². The number of hydrogen-bond acceptors (Lipinski definition) is 4. The number of hydrogen-bond donors (Lipinski definition) is 0. The van der Waals surface area contributed by atoms with Gasteiger partial charge in [-0.1, -0.05) is 12.2 Å². The van der Waals surface area contributed by atoms with Crippen molar-refractivity contribution in [2.45, 2.75) is 64.6 Å². The van der Waals surface area contributed by atoms with Crippen LogP contribution in [0.15, 0.2) is 12.2 Å². The molecule has 0 aromatic carbocycles. The van der Waals surface area contributed by atoms with Crippen molar-refractivity contribution in [3.8, 4) is 0 Å². The summed E-state index contributed by atoms with van der Waals surface area (Å²) < 4.78 is 11.1. The molecular weight excluding hydrogens is 268 g/mol. The van der Waals surface area contributed by atoms with Crippen LogP contribution in [0.1, 0.15) is 53.4 Å². The molecule has 0 radical (unpaired) electrons. The van der Waals surface area contributed by atoms with Crippen LogP contribution in [0.3, 0.4) is 0 Å². The Balaban J connectivity index is 1.80. The Bertz CT molecular complexity index is 515. The van der Waals surface area contributed by atoms with Gasteiger partial charge in [-0.25, -0.2) is 0 Å². The standard InChI is InChI=1S/C17H24O4/c1-15(2,3)20-12(18)10-11-6-9-17-8-5-7-16(4,13(11)17)21-14(17)19/h5,8,11,13H,6-7,9-10H2,1-4H3/t11-,13-,16-,17?/m1/s1. The summed E-state index contributed by atoms with van der Waals surface area (Å²) in [7, 11) is 0. The summed E-state index contributed by atoms with van der Waals surface area (Å²) in [6.07, 6.45) is 6.90. The van der Waals surface area contributed by atoms with Gasteiger partial charge in [0.2, 0.25) is 0 Å². The molecule has 1 saturated carbocycles. The van der Waals surface area contributed by atoms with E-state index in [1.54, 1.807) is 0 Å². The highest BCUT2D eigenvalue weighted by molar-refractivity contribution is 5.84. The van der Waals surface area contributed by atoms with Crippen LogP contribution in [0, 0.1) is 17.3 Å². The van der Waals surface area contributed by atoms with E-state index in [0.717, 1.165) is 19.3 Å². The van der Waals surface area contributed by atoms with E-state index in [4.69, 9.17) is 9.47 Å². The van der Waals surface area contributed by atoms with E-state index in [9.17, 15) is 9.59 Å². The predicted octanol–water partition coefficient (Wildman–Crippen LogP) is 3.01. The molecular formula is C17H24O4. The number of carbonyl (C=O) groups excluding carboxylic acids is 2. The number of rotatable bonds is 2. The first-order valence-corrected chi connectivity index (χ1v) is 7.79. The van der Waals surface area contributed by atoms with Crippen molar-refractivity contribution in [2.75, 3.05) is 0 Å². The van der Waals surface area contributed by atoms with Gasteiger partial charge in [0.05, 0.1) is 5.41 Å². The van der Waals surface area contributed by atoms with E-state index < -0.39 is 16.6 Å². The van der Waals surface area contributed by atoms with Gasteiger partial charge in [0.15, 0.2) is 0 Å². The molecule has 1 heterocycles. The van der Waals surface area contributed by atoms with Gasteiger partial charge in [0.25, 0.3) is 0 Å². The lowest BCUT2D eigenvalue weighted by atomic mass is 9.65. The third-order valence-electron chi connectivity index (χ3n) is 5.11. The van der Waals surface area contributed by atoms with Gasteiger partial charge in [-0.05, 0) is 46.5 Å². The average molecular weight is 292 g/mol.